The van der Waals surface area contributed by atoms with Crippen LogP contribution in [0.25, 0.3) is 22.2 Å². The van der Waals surface area contributed by atoms with Gasteiger partial charge in [0, 0.05) is 35.8 Å². The van der Waals surface area contributed by atoms with E-state index in [2.05, 4.69) is 34.3 Å². The highest BCUT2D eigenvalue weighted by atomic mass is 32.2. The van der Waals surface area contributed by atoms with E-state index < -0.39 is 45.4 Å². The highest BCUT2D eigenvalue weighted by Gasteiger charge is 2.30. The number of nitrogens with zero attached hydrogens (tertiary/aromatic N) is 4. The normalized spacial score (nSPS) is 18.1. The minimum absolute atomic E-state index is 0.144. The van der Waals surface area contributed by atoms with Crippen LogP contribution in [0.3, 0.4) is 0 Å². The predicted octanol–water partition coefficient (Wildman–Crippen LogP) is 5.40. The van der Waals surface area contributed by atoms with Crippen molar-refractivity contribution in [2.24, 2.45) is 5.92 Å². The minimum Gasteiger partial charge on any atom is -0.351 e. The van der Waals surface area contributed by atoms with Gasteiger partial charge in [0.25, 0.3) is 5.56 Å². The number of anilines is 2. The summed E-state index contributed by atoms with van der Waals surface area (Å²) in [4.78, 5) is 24.9. The lowest BCUT2D eigenvalue weighted by Crippen LogP contribution is -2.31. The van der Waals surface area contributed by atoms with Crippen molar-refractivity contribution < 1.29 is 26.0 Å². The molecule has 0 unspecified atom stereocenters. The fraction of sp³-hybridized carbons (Fsp3) is 0.536. The van der Waals surface area contributed by atoms with Crippen LogP contribution in [-0.2, 0) is 10.0 Å². The Hall–Kier alpha value is -3.26. The van der Waals surface area contributed by atoms with E-state index in [4.69, 9.17) is 0 Å². The zero-order valence-corrected chi connectivity index (χ0v) is 24.8. The molecule has 2 heterocycles. The Morgan fingerprint density at radius 2 is 1.81 bits per heavy atom. The maximum absolute atomic E-state index is 14.9. The van der Waals surface area contributed by atoms with Crippen LogP contribution in [-0.4, -0.2) is 66.5 Å². The number of sulfonamides is 1. The van der Waals surface area contributed by atoms with Crippen molar-refractivity contribution in [1.82, 2.24) is 19.4 Å². The van der Waals surface area contributed by atoms with Crippen LogP contribution < -0.4 is 15.6 Å². The second kappa shape index (κ2) is 12.5. The number of nitrogens with one attached hydrogen (secondary N) is 2. The van der Waals surface area contributed by atoms with Gasteiger partial charge in [0.15, 0.2) is 0 Å². The van der Waals surface area contributed by atoms with Crippen molar-refractivity contribution in [3.63, 3.8) is 0 Å². The average molecular weight is 613 g/mol. The first-order valence-corrected chi connectivity index (χ1v) is 15.5. The van der Waals surface area contributed by atoms with E-state index in [1.807, 2.05) is 18.6 Å². The fourth-order valence-corrected chi connectivity index (χ4v) is 6.40. The highest BCUT2D eigenvalue weighted by molar-refractivity contribution is 7.92. The number of pyridine rings is 1. The van der Waals surface area contributed by atoms with Gasteiger partial charge in [-0.25, -0.2) is 17.8 Å². The Morgan fingerprint density at radius 1 is 1.12 bits per heavy atom. The number of benzene rings is 1. The van der Waals surface area contributed by atoms with Gasteiger partial charge in [0.2, 0.25) is 16.0 Å². The maximum Gasteiger partial charge on any atom is 0.390 e. The SMILES string of the molecule is CC(C)n1c(=O)c(-c2ccc(NS(=O)(=O)CCC(F)(F)F)c(F)c2)cc2cnc(N[C@H]3CC[C@@H](CN(C)C)CC3)nc21. The summed E-state index contributed by atoms with van der Waals surface area (Å²) in [5.41, 5.74) is -0.203. The van der Waals surface area contributed by atoms with Gasteiger partial charge in [-0.15, -0.1) is 0 Å². The zero-order valence-electron chi connectivity index (χ0n) is 24.0. The van der Waals surface area contributed by atoms with Crippen LogP contribution in [0.4, 0.5) is 29.2 Å². The highest BCUT2D eigenvalue weighted by Crippen LogP contribution is 2.29. The summed E-state index contributed by atoms with van der Waals surface area (Å²) in [5, 5.41) is 3.96. The molecular formula is C28H36F4N6O3S. The van der Waals surface area contributed by atoms with Gasteiger partial charge in [0.1, 0.15) is 11.5 Å². The van der Waals surface area contributed by atoms with E-state index in [-0.39, 0.29) is 23.2 Å². The summed E-state index contributed by atoms with van der Waals surface area (Å²) < 4.78 is 79.7. The minimum atomic E-state index is -4.67. The Labute approximate surface area is 242 Å². The number of aromatic nitrogens is 3. The van der Waals surface area contributed by atoms with E-state index in [9.17, 15) is 30.8 Å². The van der Waals surface area contributed by atoms with Gasteiger partial charge in [-0.05, 0) is 83.3 Å². The third kappa shape index (κ3) is 7.97. The van der Waals surface area contributed by atoms with Crippen LogP contribution in [0, 0.1) is 11.7 Å². The van der Waals surface area contributed by atoms with Gasteiger partial charge in [-0.3, -0.25) is 14.1 Å². The quantitative estimate of drug-likeness (QED) is 0.295. The summed E-state index contributed by atoms with van der Waals surface area (Å²) >= 11 is 0. The molecule has 2 aromatic heterocycles. The molecular weight excluding hydrogens is 576 g/mol. The summed E-state index contributed by atoms with van der Waals surface area (Å²) in [7, 11) is -0.289. The molecule has 42 heavy (non-hydrogen) atoms. The molecule has 1 aromatic carbocycles. The van der Waals surface area contributed by atoms with Gasteiger partial charge in [-0.1, -0.05) is 6.07 Å². The molecule has 0 spiro atoms. The lowest BCUT2D eigenvalue weighted by molar-refractivity contribution is -0.129. The van der Waals surface area contributed by atoms with Crippen molar-refractivity contribution in [3.05, 3.63) is 46.6 Å². The van der Waals surface area contributed by atoms with Crippen molar-refractivity contribution in [2.75, 3.05) is 36.4 Å². The van der Waals surface area contributed by atoms with Crippen LogP contribution in [0.2, 0.25) is 0 Å². The molecule has 230 valence electrons. The van der Waals surface area contributed by atoms with Crippen LogP contribution in [0.5, 0.6) is 0 Å². The van der Waals surface area contributed by atoms with Crippen molar-refractivity contribution >= 4 is 32.7 Å². The molecule has 3 aromatic rings. The van der Waals surface area contributed by atoms with E-state index in [0.29, 0.717) is 22.9 Å². The molecule has 1 aliphatic carbocycles. The largest absolute Gasteiger partial charge is 0.390 e. The van der Waals surface area contributed by atoms with Gasteiger partial charge < -0.3 is 10.2 Å². The summed E-state index contributed by atoms with van der Waals surface area (Å²) in [6.45, 7) is 4.71. The Kier molecular flexibility index (Phi) is 9.46. The first-order chi connectivity index (χ1) is 19.6. The molecule has 0 aliphatic heterocycles. The smallest absolute Gasteiger partial charge is 0.351 e. The number of rotatable bonds is 10. The standard InChI is InChI=1S/C28H36F4N6O3S/c1-17(2)38-25-20(15-33-27(35-25)34-21-8-5-18(6-9-21)16-37(3)4)13-22(26(38)39)19-7-10-24(23(29)14-19)36-42(40,41)12-11-28(30,31)32/h7,10,13-15,17-18,21,36H,5-6,8-9,11-12,16H2,1-4H3,(H,33,34,35)/t18-,21+. The fourth-order valence-electron chi connectivity index (χ4n) is 5.30. The van der Waals surface area contributed by atoms with Gasteiger partial charge >= 0.3 is 6.18 Å². The molecule has 1 aliphatic rings. The van der Waals surface area contributed by atoms with E-state index in [1.165, 1.54) is 10.6 Å². The predicted molar refractivity (Wildman–Crippen MR) is 156 cm³/mol. The van der Waals surface area contributed by atoms with E-state index >= 15 is 0 Å². The van der Waals surface area contributed by atoms with Crippen LogP contribution in [0.15, 0.2) is 35.3 Å². The third-order valence-corrected chi connectivity index (χ3v) is 8.57. The zero-order chi connectivity index (χ0) is 30.8. The molecule has 1 saturated carbocycles. The molecule has 4 rings (SSSR count). The molecule has 2 N–H and O–H groups in total. The Bertz CT molecular complexity index is 1580. The molecule has 0 saturated heterocycles. The van der Waals surface area contributed by atoms with Crippen LogP contribution in [0.1, 0.15) is 52.0 Å². The molecule has 9 nitrogen and oxygen atoms in total. The first-order valence-electron chi connectivity index (χ1n) is 13.8. The lowest BCUT2D eigenvalue weighted by atomic mass is 9.86. The molecule has 0 radical (unpaired) electrons. The first kappa shape index (κ1) is 31.7. The Balaban J connectivity index is 1.59. The van der Waals surface area contributed by atoms with Gasteiger partial charge in [0.05, 0.1) is 17.9 Å². The Morgan fingerprint density at radius 3 is 2.40 bits per heavy atom. The number of alkyl halides is 3. The molecule has 1 fully saturated rings. The molecule has 0 bridgehead atoms. The maximum atomic E-state index is 14.9. The topological polar surface area (TPSA) is 109 Å². The van der Waals surface area contributed by atoms with Crippen molar-refractivity contribution in [1.29, 1.82) is 0 Å². The van der Waals surface area contributed by atoms with E-state index in [0.717, 1.165) is 44.4 Å². The van der Waals surface area contributed by atoms with E-state index in [1.54, 1.807) is 12.3 Å². The van der Waals surface area contributed by atoms with Crippen LogP contribution >= 0.6 is 0 Å². The molecule has 14 heteroatoms. The summed E-state index contributed by atoms with van der Waals surface area (Å²) in [5.74, 6) is -1.19. The van der Waals surface area contributed by atoms with Gasteiger partial charge in [-0.2, -0.15) is 18.2 Å². The summed E-state index contributed by atoms with van der Waals surface area (Å²) in [6.07, 6.45) is -0.433. The third-order valence-electron chi connectivity index (χ3n) is 7.29. The molecule has 0 amide bonds. The number of halogens is 4. The van der Waals surface area contributed by atoms with Crippen molar-refractivity contribution in [3.8, 4) is 11.1 Å². The number of fused-ring (bicyclic) bond motifs is 1. The summed E-state index contributed by atoms with van der Waals surface area (Å²) in [6, 6.07) is 4.87. The number of hydrogen-bond donors (Lipinski definition) is 2. The monoisotopic (exact) mass is 612 g/mol. The van der Waals surface area contributed by atoms with Crippen molar-refractivity contribution in [2.45, 2.75) is 64.2 Å². The second-order valence-electron chi connectivity index (χ2n) is 11.4. The average Bonchev–Trinajstić information content (AvgIpc) is 2.88. The second-order valence-corrected chi connectivity index (χ2v) is 13.2. The molecule has 0 atom stereocenters. The lowest BCUT2D eigenvalue weighted by Gasteiger charge is -2.30. The number of hydrogen-bond acceptors (Lipinski definition) is 7.